The van der Waals surface area contributed by atoms with Crippen molar-refractivity contribution in [2.45, 2.75) is 0 Å². The van der Waals surface area contributed by atoms with Gasteiger partial charge in [0.15, 0.2) is 17.5 Å². The molecule has 148 heavy (non-hydrogen) atoms. The highest BCUT2D eigenvalue weighted by Crippen LogP contribution is 2.50. The molecule has 30 rings (SSSR count). The van der Waals surface area contributed by atoms with Crippen molar-refractivity contribution in [1.82, 2.24) is 29.9 Å². The highest BCUT2D eigenvalue weighted by Gasteiger charge is 2.25. The first-order valence-electron chi connectivity index (χ1n) is 50.7. The highest BCUT2D eigenvalue weighted by molar-refractivity contribution is 6.31. The topological polar surface area (TPSA) is 77.3 Å². The van der Waals surface area contributed by atoms with E-state index in [1.807, 2.05) is 60.7 Å². The van der Waals surface area contributed by atoms with Crippen LogP contribution in [0.15, 0.2) is 522 Å². The molecule has 0 fully saturated rings. The second-order valence-corrected chi connectivity index (χ2v) is 38.8. The summed E-state index contributed by atoms with van der Waals surface area (Å²) < 4.78 is 0. The van der Waals surface area contributed by atoms with Gasteiger partial charge in [0.25, 0.3) is 0 Å². The summed E-state index contributed by atoms with van der Waals surface area (Å²) in [6.45, 7) is 0. The van der Waals surface area contributed by atoms with Crippen LogP contribution in [0.4, 0.5) is 0 Å². The Hall–Kier alpha value is -19.7. The molecule has 6 nitrogen and oxygen atoms in total. The van der Waals surface area contributed by atoms with Crippen molar-refractivity contribution < 1.29 is 0 Å². The minimum atomic E-state index is 0.616. The Labute approximate surface area is 852 Å². The number of nitrogens with zero attached hydrogens (tertiary/aromatic N) is 6. The largest absolute Gasteiger partial charge is 0.248 e. The van der Waals surface area contributed by atoms with Crippen molar-refractivity contribution in [3.63, 3.8) is 0 Å². The molecule has 0 atom stereocenters. The van der Waals surface area contributed by atoms with Gasteiger partial charge in [-0.15, -0.1) is 0 Å². The summed E-state index contributed by atoms with van der Waals surface area (Å²) in [5.41, 5.74) is 24.1. The van der Waals surface area contributed by atoms with Crippen LogP contribution < -0.4 is 0 Å². The lowest BCUT2D eigenvalue weighted by Gasteiger charge is -2.17. The van der Waals surface area contributed by atoms with Crippen LogP contribution in [0.5, 0.6) is 0 Å². The van der Waals surface area contributed by atoms with Crippen LogP contribution in [0.1, 0.15) is 0 Å². The molecular weight excluding hydrogens is 1790 g/mol. The molecule has 4 heterocycles. The smallest absolute Gasteiger partial charge is 0.164 e. The predicted molar refractivity (Wildman–Crippen MR) is 625 cm³/mol. The number of hydrogen-bond donors (Lipinski definition) is 0. The van der Waals surface area contributed by atoms with E-state index >= 15 is 0 Å². The fraction of sp³-hybridized carbons (Fsp3) is 0. The minimum Gasteiger partial charge on any atom is -0.248 e. The molecule has 0 spiro atoms. The first kappa shape index (κ1) is 85.1. The lowest BCUT2D eigenvalue weighted by molar-refractivity contribution is 1.07. The second-order valence-electron chi connectivity index (χ2n) is 38.8. The number of benzene rings is 26. The summed E-state index contributed by atoms with van der Waals surface area (Å²) >= 11 is 0. The molecule has 0 aliphatic carbocycles. The molecule has 0 amide bonds. The Morgan fingerprint density at radius 3 is 0.574 bits per heavy atom. The van der Waals surface area contributed by atoms with E-state index in [4.69, 9.17) is 29.9 Å². The molecule has 0 saturated carbocycles. The van der Waals surface area contributed by atoms with Crippen LogP contribution in [-0.4, -0.2) is 29.9 Å². The van der Waals surface area contributed by atoms with Gasteiger partial charge in [-0.25, -0.2) is 29.9 Å². The first-order valence-corrected chi connectivity index (χ1v) is 50.7. The molecule has 0 aliphatic heterocycles. The van der Waals surface area contributed by atoms with Crippen molar-refractivity contribution in [2.24, 2.45) is 0 Å². The van der Waals surface area contributed by atoms with Crippen molar-refractivity contribution in [2.75, 3.05) is 0 Å². The summed E-state index contributed by atoms with van der Waals surface area (Å²) in [5.74, 6) is 1.88. The zero-order valence-electron chi connectivity index (χ0n) is 80.3. The second kappa shape index (κ2) is 35.2. The summed E-state index contributed by atoms with van der Waals surface area (Å²) in [4.78, 5) is 31.7. The average Bonchev–Trinajstić information content (AvgIpc) is 0.731. The van der Waals surface area contributed by atoms with Gasteiger partial charge < -0.3 is 0 Å². The molecule has 4 aromatic heterocycles. The van der Waals surface area contributed by atoms with Crippen LogP contribution in [0.25, 0.3) is 307 Å². The first-order chi connectivity index (χ1) is 73.4. The zero-order valence-corrected chi connectivity index (χ0v) is 80.3. The van der Waals surface area contributed by atoms with E-state index in [2.05, 4.69) is 461 Å². The van der Waals surface area contributed by atoms with E-state index in [-0.39, 0.29) is 0 Å². The molecule has 0 N–H and O–H groups in total. The molecule has 6 heteroatoms. The predicted octanol–water partition coefficient (Wildman–Crippen LogP) is 38.2. The van der Waals surface area contributed by atoms with Gasteiger partial charge in [0.05, 0.1) is 33.8 Å². The molecule has 0 radical (unpaired) electrons. The standard InChI is InChI=1S/C72H44N2.C70H42N4/c1-3-17-47(18-4-1)69-41-51(42-70(73-69)48-19-5-2-6-20-48)45-31-33-46(34-32-45)65-44-71(50-36-38-62-57-26-10-8-22-53(57)55-24-12-14-28-59(55)67(62)40-50)74-72-63-30-16-15-29-60(63)64(43-68(65)72)49-35-37-61-56-25-9-7-21-52(56)54-23-11-13-27-58(54)66(61)39-49;1-3-17-44(18-4-1)68-72-69(45-19-5-2-6-20-45)74-70(73-68)46-33-31-43(32-34-46)62-42-66(48-36-38-59-54-26-10-8-22-50(54)52-24-12-14-28-56(52)64(59)40-48)71-67-60-30-16-15-29-57(60)61(41-65(62)67)47-35-37-58-53-25-9-7-21-49(53)51-23-11-13-27-55(51)63(58)39-47/h1-44H;1-42H. The summed E-state index contributed by atoms with van der Waals surface area (Å²) in [7, 11) is 0. The normalized spacial score (nSPS) is 11.8. The fourth-order valence-corrected chi connectivity index (χ4v) is 23.4. The van der Waals surface area contributed by atoms with Gasteiger partial charge in [-0.3, -0.25) is 0 Å². The van der Waals surface area contributed by atoms with E-state index in [1.54, 1.807) is 0 Å². The average molecular weight is 1880 g/mol. The van der Waals surface area contributed by atoms with E-state index in [0.717, 1.165) is 144 Å². The van der Waals surface area contributed by atoms with Crippen molar-refractivity contribution in [3.8, 4) is 135 Å². The Morgan fingerprint density at radius 2 is 0.284 bits per heavy atom. The lowest BCUT2D eigenvalue weighted by Crippen LogP contribution is -2.00. The Balaban J connectivity index is 0.000000140. The molecule has 684 valence electrons. The Morgan fingerprint density at radius 1 is 0.0878 bits per heavy atom. The number of fused-ring (bicyclic) bond motifs is 30. The number of rotatable bonds is 12. The monoisotopic (exact) mass is 1870 g/mol. The fourth-order valence-electron chi connectivity index (χ4n) is 23.4. The third kappa shape index (κ3) is 14.5. The van der Waals surface area contributed by atoms with Gasteiger partial charge in [-0.2, -0.15) is 0 Å². The zero-order chi connectivity index (χ0) is 97.4. The van der Waals surface area contributed by atoms with E-state index < -0.39 is 0 Å². The maximum Gasteiger partial charge on any atom is 0.164 e. The Bertz CT molecular complexity index is 9860. The highest BCUT2D eigenvalue weighted by atomic mass is 15.0. The Kier molecular flexibility index (Phi) is 20.2. The van der Waals surface area contributed by atoms with E-state index in [1.165, 1.54) is 146 Å². The molecule has 0 unspecified atom stereocenters. The summed E-state index contributed by atoms with van der Waals surface area (Å²) in [5, 5.41) is 36.8. The quantitative estimate of drug-likeness (QED) is 0.113. The molecule has 26 aromatic carbocycles. The van der Waals surface area contributed by atoms with Crippen molar-refractivity contribution >= 4 is 173 Å². The van der Waals surface area contributed by atoms with Crippen molar-refractivity contribution in [3.05, 3.63) is 522 Å². The van der Waals surface area contributed by atoms with Crippen LogP contribution in [0, 0.1) is 0 Å². The van der Waals surface area contributed by atoms with Crippen LogP contribution in [0.3, 0.4) is 0 Å². The van der Waals surface area contributed by atoms with Gasteiger partial charge in [0, 0.05) is 60.5 Å². The lowest BCUT2D eigenvalue weighted by atomic mass is 9.88. The van der Waals surface area contributed by atoms with Crippen LogP contribution in [-0.2, 0) is 0 Å². The number of pyridine rings is 3. The van der Waals surface area contributed by atoms with Gasteiger partial charge in [-0.05, 0) is 256 Å². The molecule has 30 aromatic rings. The minimum absolute atomic E-state index is 0.616. The summed E-state index contributed by atoms with van der Waals surface area (Å²) in [6.07, 6.45) is 0. The molecular formula is C142H86N6. The molecule has 0 aliphatic rings. The van der Waals surface area contributed by atoms with E-state index in [0.29, 0.717) is 17.5 Å². The van der Waals surface area contributed by atoms with Gasteiger partial charge in [0.1, 0.15) is 0 Å². The molecule has 0 saturated heterocycles. The maximum absolute atomic E-state index is 5.70. The van der Waals surface area contributed by atoms with E-state index in [9.17, 15) is 0 Å². The summed E-state index contributed by atoms with van der Waals surface area (Å²) in [6, 6.07) is 189. The maximum atomic E-state index is 5.70. The van der Waals surface area contributed by atoms with Gasteiger partial charge >= 0.3 is 0 Å². The number of hydrogen-bond acceptors (Lipinski definition) is 6. The van der Waals surface area contributed by atoms with Gasteiger partial charge in [0.2, 0.25) is 0 Å². The third-order valence-electron chi connectivity index (χ3n) is 30.5. The van der Waals surface area contributed by atoms with Crippen molar-refractivity contribution in [1.29, 1.82) is 0 Å². The molecule has 0 bridgehead atoms. The van der Waals surface area contributed by atoms with Crippen LogP contribution in [0.2, 0.25) is 0 Å². The third-order valence-corrected chi connectivity index (χ3v) is 30.5. The van der Waals surface area contributed by atoms with Gasteiger partial charge in [-0.1, -0.05) is 461 Å². The SMILES string of the molecule is c1ccc(-c2cc(-c3ccc(-c4cc(-c5ccc6c7ccccc7c7ccccc7c6c5)nc5c4cc(-c4ccc6c7ccccc7c7ccccc7c6c4)c4ccccc45)cc3)cc(-c3ccccc3)n2)cc1.c1ccc(-c2nc(-c3ccccc3)nc(-c3ccc(-c4cc(-c5ccc6c7ccccc7c7ccccc7c6c5)nc5c4cc(-c4ccc6c7ccccc7c7ccccc7c6c4)c4ccccc45)cc3)n2)cc1. The van der Waals surface area contributed by atoms with Crippen LogP contribution >= 0.6 is 0 Å². The number of aromatic nitrogens is 6.